The summed E-state index contributed by atoms with van der Waals surface area (Å²) in [4.78, 5) is 17.4. The van der Waals surface area contributed by atoms with Crippen molar-refractivity contribution in [1.29, 1.82) is 0 Å². The summed E-state index contributed by atoms with van der Waals surface area (Å²) in [5, 5.41) is 10.0. The second-order valence-electron chi connectivity index (χ2n) is 5.10. The lowest BCUT2D eigenvalue weighted by atomic mass is 10.1. The molecule has 2 aromatic rings. The van der Waals surface area contributed by atoms with E-state index in [1.165, 1.54) is 0 Å². The highest BCUT2D eigenvalue weighted by Gasteiger charge is 2.27. The van der Waals surface area contributed by atoms with E-state index in [1.54, 1.807) is 11.1 Å². The topological polar surface area (TPSA) is 82.4 Å². The predicted molar refractivity (Wildman–Crippen MR) is 73.8 cm³/mol. The second-order valence-corrected chi connectivity index (χ2v) is 5.10. The molecule has 1 unspecified atom stereocenters. The number of amides is 1. The van der Waals surface area contributed by atoms with Gasteiger partial charge in [-0.25, -0.2) is 0 Å². The zero-order chi connectivity index (χ0) is 13.4. The number of rotatable bonds is 2. The summed E-state index contributed by atoms with van der Waals surface area (Å²) in [5.74, 6) is 0.215. The van der Waals surface area contributed by atoms with E-state index in [9.17, 15) is 4.79 Å². The van der Waals surface area contributed by atoms with Crippen LogP contribution in [0.25, 0.3) is 10.9 Å². The Morgan fingerprint density at radius 1 is 1.53 bits per heavy atom. The van der Waals surface area contributed by atoms with Crippen molar-refractivity contribution >= 4 is 22.5 Å². The number of H-pyrrole nitrogens is 1. The Labute approximate surface area is 111 Å². The van der Waals surface area contributed by atoms with Gasteiger partial charge in [-0.15, -0.1) is 0 Å². The Morgan fingerprint density at radius 2 is 2.37 bits per heavy atom. The molecule has 19 heavy (non-hydrogen) atoms. The van der Waals surface area contributed by atoms with Crippen LogP contribution in [0.3, 0.4) is 0 Å². The fraction of sp³-hybridized carbons (Fsp3) is 0.357. The largest absolute Gasteiger partial charge is 0.399 e. The molecule has 1 saturated heterocycles. The minimum absolute atomic E-state index is 0.00722. The Hall–Kier alpha value is -2.01. The Bertz CT molecular complexity index is 620. The Kier molecular flexibility index (Phi) is 2.91. The van der Waals surface area contributed by atoms with Crippen molar-refractivity contribution in [3.63, 3.8) is 0 Å². The first-order valence-corrected chi connectivity index (χ1v) is 6.46. The second kappa shape index (κ2) is 4.59. The number of nitrogens with zero attached hydrogens (tertiary/aromatic N) is 1. The summed E-state index contributed by atoms with van der Waals surface area (Å²) in [6.07, 6.45) is 2.60. The van der Waals surface area contributed by atoms with Crippen LogP contribution in [0, 0.1) is 5.92 Å². The number of hydrogen-bond donors (Lipinski definition) is 3. The molecule has 1 atom stereocenters. The van der Waals surface area contributed by atoms with E-state index in [-0.39, 0.29) is 18.4 Å². The lowest BCUT2D eigenvalue weighted by molar-refractivity contribution is 0.0784. The van der Waals surface area contributed by atoms with E-state index in [4.69, 9.17) is 10.8 Å². The quantitative estimate of drug-likeness (QED) is 0.709. The molecule has 1 aromatic heterocycles. The van der Waals surface area contributed by atoms with Gasteiger partial charge in [0.25, 0.3) is 5.91 Å². The third-order valence-corrected chi connectivity index (χ3v) is 3.77. The summed E-state index contributed by atoms with van der Waals surface area (Å²) in [7, 11) is 0. The van der Waals surface area contributed by atoms with Crippen LogP contribution in [-0.4, -0.2) is 40.6 Å². The third-order valence-electron chi connectivity index (χ3n) is 3.77. The maximum absolute atomic E-state index is 12.5. The van der Waals surface area contributed by atoms with Crippen molar-refractivity contribution in [2.75, 3.05) is 25.4 Å². The molecule has 0 bridgehead atoms. The van der Waals surface area contributed by atoms with Crippen molar-refractivity contribution in [2.45, 2.75) is 6.42 Å². The first kappa shape index (κ1) is 12.0. The Balaban J connectivity index is 1.92. The molecule has 1 fully saturated rings. The standard InChI is InChI=1S/C14H17N3O2/c15-10-1-2-13-11(5-10)12(6-16-13)14(19)17-4-3-9(7-17)8-18/h1-2,5-6,9,16,18H,3-4,7-8,15H2. The molecule has 0 aliphatic carbocycles. The number of aromatic amines is 1. The molecule has 1 aromatic carbocycles. The van der Waals surface area contributed by atoms with Crippen LogP contribution in [0.2, 0.25) is 0 Å². The maximum Gasteiger partial charge on any atom is 0.256 e. The fourth-order valence-electron chi connectivity index (χ4n) is 2.65. The van der Waals surface area contributed by atoms with Gasteiger partial charge in [0.1, 0.15) is 0 Å². The number of fused-ring (bicyclic) bond motifs is 1. The van der Waals surface area contributed by atoms with Crippen molar-refractivity contribution < 1.29 is 9.90 Å². The van der Waals surface area contributed by atoms with Crippen LogP contribution in [0.1, 0.15) is 16.8 Å². The minimum atomic E-state index is 0.00722. The van der Waals surface area contributed by atoms with E-state index >= 15 is 0 Å². The van der Waals surface area contributed by atoms with Crippen LogP contribution in [-0.2, 0) is 0 Å². The van der Waals surface area contributed by atoms with Crippen molar-refractivity contribution in [3.05, 3.63) is 30.0 Å². The first-order chi connectivity index (χ1) is 9.19. The first-order valence-electron chi connectivity index (χ1n) is 6.46. The highest BCUT2D eigenvalue weighted by molar-refractivity contribution is 6.07. The van der Waals surface area contributed by atoms with Gasteiger partial charge in [0.15, 0.2) is 0 Å². The molecule has 1 aliphatic heterocycles. The number of aliphatic hydroxyl groups is 1. The lowest BCUT2D eigenvalue weighted by Crippen LogP contribution is -2.28. The maximum atomic E-state index is 12.5. The van der Waals surface area contributed by atoms with Gasteiger partial charge in [-0.1, -0.05) is 0 Å². The van der Waals surface area contributed by atoms with E-state index in [1.807, 2.05) is 18.2 Å². The van der Waals surface area contributed by atoms with E-state index in [2.05, 4.69) is 4.98 Å². The Morgan fingerprint density at radius 3 is 3.11 bits per heavy atom. The van der Waals surface area contributed by atoms with Crippen LogP contribution in [0.5, 0.6) is 0 Å². The van der Waals surface area contributed by atoms with Gasteiger partial charge in [0.05, 0.1) is 5.56 Å². The molecular formula is C14H17N3O2. The number of benzene rings is 1. The van der Waals surface area contributed by atoms with Gasteiger partial charge in [-0.05, 0) is 24.6 Å². The molecule has 4 N–H and O–H groups in total. The van der Waals surface area contributed by atoms with Gasteiger partial charge >= 0.3 is 0 Å². The number of hydrogen-bond acceptors (Lipinski definition) is 3. The number of nitrogen functional groups attached to an aromatic ring is 1. The van der Waals surface area contributed by atoms with Gasteiger partial charge in [-0.2, -0.15) is 0 Å². The predicted octanol–water partition coefficient (Wildman–Crippen LogP) is 1.20. The van der Waals surface area contributed by atoms with Gasteiger partial charge in [-0.3, -0.25) is 4.79 Å². The zero-order valence-corrected chi connectivity index (χ0v) is 10.6. The number of anilines is 1. The zero-order valence-electron chi connectivity index (χ0n) is 10.6. The molecule has 0 saturated carbocycles. The molecule has 2 heterocycles. The lowest BCUT2D eigenvalue weighted by Gasteiger charge is -2.15. The minimum Gasteiger partial charge on any atom is -0.399 e. The van der Waals surface area contributed by atoms with E-state index in [0.717, 1.165) is 17.3 Å². The van der Waals surface area contributed by atoms with Crippen LogP contribution >= 0.6 is 0 Å². The van der Waals surface area contributed by atoms with Crippen LogP contribution in [0.15, 0.2) is 24.4 Å². The van der Waals surface area contributed by atoms with Gasteiger partial charge in [0.2, 0.25) is 0 Å². The third kappa shape index (κ3) is 2.06. The average molecular weight is 259 g/mol. The molecular weight excluding hydrogens is 242 g/mol. The van der Waals surface area contributed by atoms with Gasteiger partial charge < -0.3 is 20.7 Å². The smallest absolute Gasteiger partial charge is 0.256 e. The van der Waals surface area contributed by atoms with Gasteiger partial charge in [0, 0.05) is 48.4 Å². The normalized spacial score (nSPS) is 19.2. The number of carbonyl (C=O) groups excluding carboxylic acids is 1. The molecule has 3 rings (SSSR count). The summed E-state index contributed by atoms with van der Waals surface area (Å²) >= 11 is 0. The highest BCUT2D eigenvalue weighted by atomic mass is 16.3. The van der Waals surface area contributed by atoms with Crippen molar-refractivity contribution in [2.24, 2.45) is 5.92 Å². The summed E-state index contributed by atoms with van der Waals surface area (Å²) < 4.78 is 0. The number of carbonyl (C=O) groups is 1. The van der Waals surface area contributed by atoms with Crippen molar-refractivity contribution in [3.8, 4) is 0 Å². The molecule has 1 aliphatic rings. The molecule has 100 valence electrons. The summed E-state index contributed by atoms with van der Waals surface area (Å²) in [6.45, 7) is 1.48. The molecule has 5 nitrogen and oxygen atoms in total. The van der Waals surface area contributed by atoms with E-state index < -0.39 is 0 Å². The number of likely N-dealkylation sites (tertiary alicyclic amines) is 1. The number of nitrogens with two attached hydrogens (primary N) is 1. The highest BCUT2D eigenvalue weighted by Crippen LogP contribution is 2.24. The number of aliphatic hydroxyl groups excluding tert-OH is 1. The molecule has 0 radical (unpaired) electrons. The van der Waals surface area contributed by atoms with Crippen LogP contribution < -0.4 is 5.73 Å². The SMILES string of the molecule is Nc1ccc2[nH]cc(C(=O)N3CCC(CO)C3)c2c1. The summed E-state index contributed by atoms with van der Waals surface area (Å²) in [6, 6.07) is 5.51. The summed E-state index contributed by atoms with van der Waals surface area (Å²) in [5.41, 5.74) is 7.99. The number of nitrogens with one attached hydrogen (secondary N) is 1. The number of aromatic nitrogens is 1. The monoisotopic (exact) mass is 259 g/mol. The van der Waals surface area contributed by atoms with E-state index in [0.29, 0.717) is 24.3 Å². The fourth-order valence-corrected chi connectivity index (χ4v) is 2.65. The molecule has 5 heteroatoms. The van der Waals surface area contributed by atoms with Crippen LogP contribution in [0.4, 0.5) is 5.69 Å². The molecule has 0 spiro atoms. The molecule has 1 amide bonds. The average Bonchev–Trinajstić information content (AvgIpc) is 3.04. The van der Waals surface area contributed by atoms with Crippen molar-refractivity contribution in [1.82, 2.24) is 9.88 Å².